The normalized spacial score (nSPS) is 15.0. The molecule has 0 radical (unpaired) electrons. The Bertz CT molecular complexity index is 1290. The van der Waals surface area contributed by atoms with Gasteiger partial charge in [0.05, 0.1) is 18.9 Å². The first kappa shape index (κ1) is 32.7. The molecule has 7 nitrogen and oxygen atoms in total. The van der Waals surface area contributed by atoms with E-state index in [1.165, 1.54) is 25.1 Å². The summed E-state index contributed by atoms with van der Waals surface area (Å²) in [7, 11) is 1.88. The van der Waals surface area contributed by atoms with E-state index in [2.05, 4.69) is 40.3 Å². The number of morpholine rings is 1. The van der Waals surface area contributed by atoms with Crippen LogP contribution in [0.5, 0.6) is 0 Å². The van der Waals surface area contributed by atoms with Crippen LogP contribution in [0.4, 0.5) is 33.5 Å². The smallest absolute Gasteiger partial charge is 0.386 e. The highest BCUT2D eigenvalue weighted by Crippen LogP contribution is 2.33. The molecule has 1 aromatic carbocycles. The van der Waals surface area contributed by atoms with Crippen LogP contribution in [0.3, 0.4) is 0 Å². The molecule has 1 N–H and O–H groups in total. The van der Waals surface area contributed by atoms with Crippen LogP contribution in [0.25, 0.3) is 22.4 Å². The predicted molar refractivity (Wildman–Crippen MR) is 154 cm³/mol. The largest absolute Gasteiger partial charge is 0.388 e. The minimum atomic E-state index is -4.00. The molecule has 0 saturated carbocycles. The van der Waals surface area contributed by atoms with E-state index in [-0.39, 0.29) is 12.6 Å². The maximum atomic E-state index is 13.2. The molecule has 0 unspecified atom stereocenters. The molecule has 2 saturated heterocycles. The molecule has 4 heterocycles. The number of ether oxygens (including phenoxy) is 1. The summed E-state index contributed by atoms with van der Waals surface area (Å²) in [5, 5.41) is 3.17. The molecule has 3 aromatic rings. The second-order valence-corrected chi connectivity index (χ2v) is 9.88. The van der Waals surface area contributed by atoms with Crippen molar-refractivity contribution in [1.29, 1.82) is 0 Å². The van der Waals surface area contributed by atoms with Crippen molar-refractivity contribution in [3.05, 3.63) is 59.9 Å². The monoisotopic (exact) mass is 593 g/mol. The van der Waals surface area contributed by atoms with Gasteiger partial charge in [0.1, 0.15) is 11.5 Å². The molecule has 0 atom stereocenters. The Morgan fingerprint density at radius 1 is 0.976 bits per heavy atom. The number of anilines is 2. The van der Waals surface area contributed by atoms with Crippen molar-refractivity contribution in [2.45, 2.75) is 39.3 Å². The summed E-state index contributed by atoms with van der Waals surface area (Å²) in [6.07, 6.45) is -1.90. The van der Waals surface area contributed by atoms with E-state index in [0.29, 0.717) is 24.5 Å². The molecular formula is C30H36F5N5O2. The topological polar surface area (TPSA) is 70.6 Å². The van der Waals surface area contributed by atoms with Crippen LogP contribution in [0.1, 0.15) is 37.4 Å². The van der Waals surface area contributed by atoms with Gasteiger partial charge in [0.25, 0.3) is 6.43 Å². The zero-order valence-electron chi connectivity index (χ0n) is 23.9. The molecule has 2 aliphatic heterocycles. The number of hydrogen-bond donors (Lipinski definition) is 1. The average Bonchev–Trinajstić information content (AvgIpc) is 3.52. The second kappa shape index (κ2) is 15.4. The molecule has 0 bridgehead atoms. The van der Waals surface area contributed by atoms with Crippen LogP contribution < -0.4 is 10.2 Å². The van der Waals surface area contributed by atoms with Gasteiger partial charge in [-0.1, -0.05) is 6.07 Å². The zero-order valence-corrected chi connectivity index (χ0v) is 23.9. The van der Waals surface area contributed by atoms with E-state index in [1.54, 1.807) is 11.0 Å². The van der Waals surface area contributed by atoms with Crippen molar-refractivity contribution >= 4 is 17.9 Å². The van der Waals surface area contributed by atoms with E-state index in [4.69, 9.17) is 9.72 Å². The van der Waals surface area contributed by atoms with Crippen LogP contribution in [0, 0.1) is 6.92 Å². The molecule has 2 aromatic heterocycles. The number of alkyl halides is 5. The second-order valence-electron chi connectivity index (χ2n) is 9.88. The Hall–Kier alpha value is -3.80. The minimum Gasteiger partial charge on any atom is -0.388 e. The number of likely N-dealkylation sites (tertiary alicyclic amines) is 1. The molecular weight excluding hydrogens is 557 g/mol. The van der Waals surface area contributed by atoms with Crippen molar-refractivity contribution in [2.24, 2.45) is 0 Å². The van der Waals surface area contributed by atoms with E-state index < -0.39 is 12.6 Å². The number of carbonyl (C=O) groups excluding carboxylic acids is 1. The SMILES string of the molecule is CC(F)(F)F.CNc1ccc(C)c(-c2cc(-c3ccnc(C(F)F)c3)nc(N3CCOCC3)c2)c1.O=CN1CCCC1. The molecule has 2 fully saturated rings. The van der Waals surface area contributed by atoms with Gasteiger partial charge < -0.3 is 19.9 Å². The van der Waals surface area contributed by atoms with Gasteiger partial charge in [-0.15, -0.1) is 0 Å². The fourth-order valence-corrected chi connectivity index (χ4v) is 4.44. The Morgan fingerprint density at radius 2 is 1.64 bits per heavy atom. The standard InChI is InChI=1S/C23H24F2N4O.C5H9NO.C2H3F3/c1-15-3-4-18(26-2)14-19(15)17-12-20(16-5-6-27-21(11-16)23(24)25)28-22(13-17)29-7-9-30-10-8-29;7-5-6-3-1-2-4-6;1-2(3,4)5/h3-6,11-14,23,26H,7-10H2,1-2H3;5H,1-4H2;1H3. The molecule has 1 amide bonds. The maximum absolute atomic E-state index is 13.2. The van der Waals surface area contributed by atoms with Gasteiger partial charge in [-0.3, -0.25) is 9.78 Å². The fourth-order valence-electron chi connectivity index (χ4n) is 4.44. The number of aromatic nitrogens is 2. The number of amides is 1. The summed E-state index contributed by atoms with van der Waals surface area (Å²) < 4.78 is 62.9. The third-order valence-electron chi connectivity index (χ3n) is 6.57. The first-order valence-electron chi connectivity index (χ1n) is 13.6. The number of hydrogen-bond acceptors (Lipinski definition) is 6. The van der Waals surface area contributed by atoms with E-state index >= 15 is 0 Å². The highest BCUT2D eigenvalue weighted by molar-refractivity contribution is 5.78. The Labute approximate surface area is 242 Å². The molecule has 5 rings (SSSR count). The lowest BCUT2D eigenvalue weighted by Gasteiger charge is -2.28. The van der Waals surface area contributed by atoms with Gasteiger partial charge in [0, 0.05) is 57.6 Å². The van der Waals surface area contributed by atoms with Crippen LogP contribution in [0.15, 0.2) is 48.7 Å². The summed E-state index contributed by atoms with van der Waals surface area (Å²) in [5.74, 6) is 0.815. The van der Waals surface area contributed by atoms with Crippen LogP contribution >= 0.6 is 0 Å². The van der Waals surface area contributed by atoms with Crippen molar-refractivity contribution in [3.63, 3.8) is 0 Å². The summed E-state index contributed by atoms with van der Waals surface area (Å²) >= 11 is 0. The van der Waals surface area contributed by atoms with E-state index in [1.807, 2.05) is 19.2 Å². The van der Waals surface area contributed by atoms with Gasteiger partial charge in [-0.2, -0.15) is 13.2 Å². The number of nitrogens with zero attached hydrogens (tertiary/aromatic N) is 4. The van der Waals surface area contributed by atoms with Gasteiger partial charge in [-0.05, 0) is 72.9 Å². The van der Waals surface area contributed by atoms with Crippen LogP contribution in [-0.4, -0.2) is 73.9 Å². The highest BCUT2D eigenvalue weighted by Gasteiger charge is 2.18. The summed E-state index contributed by atoms with van der Waals surface area (Å²) in [5.41, 5.74) is 5.22. The summed E-state index contributed by atoms with van der Waals surface area (Å²) in [4.78, 5) is 22.5. The quantitative estimate of drug-likeness (QED) is 0.252. The lowest BCUT2D eigenvalue weighted by atomic mass is 9.98. The molecule has 228 valence electrons. The Morgan fingerprint density at radius 3 is 2.21 bits per heavy atom. The van der Waals surface area contributed by atoms with Gasteiger partial charge >= 0.3 is 6.18 Å². The first-order chi connectivity index (χ1) is 20.0. The highest BCUT2D eigenvalue weighted by atomic mass is 19.4. The third-order valence-corrected chi connectivity index (χ3v) is 6.57. The molecule has 2 aliphatic rings. The zero-order chi connectivity index (χ0) is 30.7. The molecule has 42 heavy (non-hydrogen) atoms. The van der Waals surface area contributed by atoms with E-state index in [0.717, 1.165) is 60.8 Å². The van der Waals surface area contributed by atoms with Gasteiger partial charge in [0.15, 0.2) is 0 Å². The summed E-state index contributed by atoms with van der Waals surface area (Å²) in [6.45, 7) is 6.96. The third kappa shape index (κ3) is 10.2. The Kier molecular flexibility index (Phi) is 12.0. The van der Waals surface area contributed by atoms with Crippen molar-refractivity contribution in [1.82, 2.24) is 14.9 Å². The molecule has 0 spiro atoms. The van der Waals surface area contributed by atoms with Crippen molar-refractivity contribution < 1.29 is 31.5 Å². The number of nitrogens with one attached hydrogen (secondary N) is 1. The molecule has 0 aliphatic carbocycles. The minimum absolute atomic E-state index is 0.188. The number of pyridine rings is 2. The van der Waals surface area contributed by atoms with Crippen LogP contribution in [0.2, 0.25) is 0 Å². The maximum Gasteiger partial charge on any atom is 0.386 e. The first-order valence-corrected chi connectivity index (χ1v) is 13.6. The number of halogens is 5. The average molecular weight is 594 g/mol. The van der Waals surface area contributed by atoms with E-state index in [9.17, 15) is 26.7 Å². The Balaban J connectivity index is 0.000000336. The fraction of sp³-hybridized carbons (Fsp3) is 0.433. The lowest BCUT2D eigenvalue weighted by molar-refractivity contribution is -0.117. The van der Waals surface area contributed by atoms with Crippen molar-refractivity contribution in [2.75, 3.05) is 56.7 Å². The number of aryl methyl sites for hydroxylation is 1. The number of rotatable bonds is 6. The van der Waals surface area contributed by atoms with Gasteiger partial charge in [-0.25, -0.2) is 13.8 Å². The predicted octanol–water partition coefficient (Wildman–Crippen LogP) is 6.74. The molecule has 12 heteroatoms. The van der Waals surface area contributed by atoms with Crippen molar-refractivity contribution in [3.8, 4) is 22.4 Å². The lowest BCUT2D eigenvalue weighted by Crippen LogP contribution is -2.36. The number of carbonyl (C=O) groups is 1. The number of benzene rings is 1. The summed E-state index contributed by atoms with van der Waals surface area (Å²) in [6, 6.07) is 13.3. The van der Waals surface area contributed by atoms with Crippen LogP contribution in [-0.2, 0) is 9.53 Å². The van der Waals surface area contributed by atoms with Gasteiger partial charge in [0.2, 0.25) is 6.41 Å².